The van der Waals surface area contributed by atoms with Crippen molar-refractivity contribution < 1.29 is 4.79 Å². The van der Waals surface area contributed by atoms with E-state index in [2.05, 4.69) is 29.4 Å². The summed E-state index contributed by atoms with van der Waals surface area (Å²) in [6.45, 7) is 8.41. The molecule has 0 aromatic carbocycles. The monoisotopic (exact) mass is 265 g/mol. The minimum absolute atomic E-state index is 0.174. The summed E-state index contributed by atoms with van der Waals surface area (Å²) in [5.74, 6) is 0.693. The highest BCUT2D eigenvalue weighted by molar-refractivity contribution is 5.84. The molecule has 2 atom stereocenters. The molecule has 1 saturated carbocycles. The first-order valence-electron chi connectivity index (χ1n) is 7.87. The SMILES string of the molecule is CC(C)C1(C(=O)NC2CCN(C3CC3)C2)CCNC1. The van der Waals surface area contributed by atoms with Gasteiger partial charge in [0.2, 0.25) is 5.91 Å². The van der Waals surface area contributed by atoms with Gasteiger partial charge in [0.1, 0.15) is 0 Å². The number of nitrogens with zero attached hydrogens (tertiary/aromatic N) is 1. The number of hydrogen-bond donors (Lipinski definition) is 2. The van der Waals surface area contributed by atoms with Crippen LogP contribution in [-0.4, -0.2) is 49.1 Å². The van der Waals surface area contributed by atoms with Crippen molar-refractivity contribution in [3.63, 3.8) is 0 Å². The number of nitrogens with one attached hydrogen (secondary N) is 2. The van der Waals surface area contributed by atoms with Crippen molar-refractivity contribution in [3.05, 3.63) is 0 Å². The van der Waals surface area contributed by atoms with Gasteiger partial charge >= 0.3 is 0 Å². The maximum absolute atomic E-state index is 12.7. The third-order valence-electron chi connectivity index (χ3n) is 5.36. The normalized spacial score (nSPS) is 36.1. The smallest absolute Gasteiger partial charge is 0.228 e. The van der Waals surface area contributed by atoms with Crippen LogP contribution in [0, 0.1) is 11.3 Å². The van der Waals surface area contributed by atoms with Gasteiger partial charge in [-0.2, -0.15) is 0 Å². The summed E-state index contributed by atoms with van der Waals surface area (Å²) in [5, 5.41) is 6.70. The zero-order valence-electron chi connectivity index (χ0n) is 12.2. The van der Waals surface area contributed by atoms with Gasteiger partial charge in [-0.15, -0.1) is 0 Å². The van der Waals surface area contributed by atoms with Crippen LogP contribution in [0.5, 0.6) is 0 Å². The van der Waals surface area contributed by atoms with Gasteiger partial charge in [0.05, 0.1) is 5.41 Å². The van der Waals surface area contributed by atoms with Crippen LogP contribution in [-0.2, 0) is 4.79 Å². The number of carbonyl (C=O) groups is 1. The van der Waals surface area contributed by atoms with E-state index >= 15 is 0 Å². The molecule has 108 valence electrons. The second-order valence-electron chi connectivity index (χ2n) is 6.92. The molecule has 0 bridgehead atoms. The fourth-order valence-electron chi connectivity index (χ4n) is 3.67. The van der Waals surface area contributed by atoms with Crippen LogP contribution in [0.25, 0.3) is 0 Å². The third-order valence-corrected chi connectivity index (χ3v) is 5.36. The molecular weight excluding hydrogens is 238 g/mol. The van der Waals surface area contributed by atoms with Crippen molar-refractivity contribution >= 4 is 5.91 Å². The van der Waals surface area contributed by atoms with Crippen LogP contribution < -0.4 is 10.6 Å². The molecule has 3 fully saturated rings. The van der Waals surface area contributed by atoms with Gasteiger partial charge in [0.15, 0.2) is 0 Å². The van der Waals surface area contributed by atoms with Crippen molar-refractivity contribution in [3.8, 4) is 0 Å². The molecule has 0 spiro atoms. The number of carbonyl (C=O) groups excluding carboxylic acids is 1. The fourth-order valence-corrected chi connectivity index (χ4v) is 3.67. The summed E-state index contributed by atoms with van der Waals surface area (Å²) in [7, 11) is 0. The molecular formula is C15H27N3O. The molecule has 4 nitrogen and oxygen atoms in total. The molecule has 0 radical (unpaired) electrons. The van der Waals surface area contributed by atoms with Crippen LogP contribution in [0.2, 0.25) is 0 Å². The van der Waals surface area contributed by atoms with Gasteiger partial charge in [0, 0.05) is 31.7 Å². The average molecular weight is 265 g/mol. The highest BCUT2D eigenvalue weighted by Crippen LogP contribution is 2.35. The lowest BCUT2D eigenvalue weighted by molar-refractivity contribution is -0.133. The van der Waals surface area contributed by atoms with Crippen molar-refractivity contribution in [2.75, 3.05) is 26.2 Å². The molecule has 2 heterocycles. The van der Waals surface area contributed by atoms with Gasteiger partial charge < -0.3 is 10.6 Å². The Morgan fingerprint density at radius 1 is 1.37 bits per heavy atom. The Morgan fingerprint density at radius 2 is 2.16 bits per heavy atom. The summed E-state index contributed by atoms with van der Waals surface area (Å²) in [6.07, 6.45) is 4.83. The summed E-state index contributed by atoms with van der Waals surface area (Å²) in [4.78, 5) is 15.2. The van der Waals surface area contributed by atoms with Crippen molar-refractivity contribution in [2.24, 2.45) is 11.3 Å². The maximum Gasteiger partial charge on any atom is 0.228 e. The highest BCUT2D eigenvalue weighted by atomic mass is 16.2. The van der Waals surface area contributed by atoms with E-state index in [0.29, 0.717) is 12.0 Å². The molecule has 2 N–H and O–H groups in total. The Labute approximate surface area is 116 Å². The molecule has 2 unspecified atom stereocenters. The lowest BCUT2D eigenvalue weighted by atomic mass is 9.75. The molecule has 1 amide bonds. The number of amides is 1. The molecule has 19 heavy (non-hydrogen) atoms. The van der Waals surface area contributed by atoms with Crippen molar-refractivity contribution in [2.45, 2.75) is 51.6 Å². The standard InChI is InChI=1S/C15H27N3O/c1-11(2)15(6-7-16-10-15)14(19)17-12-5-8-18(9-12)13-3-4-13/h11-13,16H,3-10H2,1-2H3,(H,17,19). The Kier molecular flexibility index (Phi) is 3.56. The van der Waals surface area contributed by atoms with Gasteiger partial charge in [-0.1, -0.05) is 13.8 Å². The predicted octanol–water partition coefficient (Wildman–Crippen LogP) is 0.975. The van der Waals surface area contributed by atoms with E-state index in [1.54, 1.807) is 0 Å². The topological polar surface area (TPSA) is 44.4 Å². The predicted molar refractivity (Wildman–Crippen MR) is 75.9 cm³/mol. The zero-order chi connectivity index (χ0) is 13.5. The van der Waals surface area contributed by atoms with Crippen LogP contribution in [0.1, 0.15) is 39.5 Å². The van der Waals surface area contributed by atoms with Gasteiger partial charge in [-0.05, 0) is 38.1 Å². The molecule has 3 aliphatic rings. The van der Waals surface area contributed by atoms with Crippen LogP contribution in [0.3, 0.4) is 0 Å². The summed E-state index contributed by atoms with van der Waals surface area (Å²) >= 11 is 0. The summed E-state index contributed by atoms with van der Waals surface area (Å²) in [6, 6.07) is 1.21. The van der Waals surface area contributed by atoms with E-state index < -0.39 is 0 Å². The second-order valence-corrected chi connectivity index (χ2v) is 6.92. The molecule has 1 aliphatic carbocycles. The van der Waals surface area contributed by atoms with E-state index in [1.807, 2.05) is 0 Å². The Hall–Kier alpha value is -0.610. The molecule has 0 aromatic rings. The van der Waals surface area contributed by atoms with Crippen molar-refractivity contribution in [1.82, 2.24) is 15.5 Å². The quantitative estimate of drug-likeness (QED) is 0.796. The van der Waals surface area contributed by atoms with Crippen molar-refractivity contribution in [1.29, 1.82) is 0 Å². The fraction of sp³-hybridized carbons (Fsp3) is 0.933. The first-order valence-corrected chi connectivity index (χ1v) is 7.87. The number of likely N-dealkylation sites (tertiary alicyclic amines) is 1. The Morgan fingerprint density at radius 3 is 2.74 bits per heavy atom. The van der Waals surface area contributed by atoms with Crippen LogP contribution >= 0.6 is 0 Å². The minimum atomic E-state index is -0.174. The largest absolute Gasteiger partial charge is 0.351 e. The lowest BCUT2D eigenvalue weighted by Gasteiger charge is -2.32. The number of rotatable bonds is 4. The maximum atomic E-state index is 12.7. The number of hydrogen-bond acceptors (Lipinski definition) is 3. The molecule has 4 heteroatoms. The zero-order valence-corrected chi connectivity index (χ0v) is 12.2. The molecule has 3 rings (SSSR count). The Balaban J connectivity index is 1.58. The lowest BCUT2D eigenvalue weighted by Crippen LogP contribution is -2.50. The Bertz CT molecular complexity index is 345. The van der Waals surface area contributed by atoms with Gasteiger partial charge in [-0.25, -0.2) is 0 Å². The van der Waals surface area contributed by atoms with E-state index in [4.69, 9.17) is 0 Å². The summed E-state index contributed by atoms with van der Waals surface area (Å²) in [5.41, 5.74) is -0.174. The average Bonchev–Trinajstić information content (AvgIpc) is 2.93. The molecule has 0 aromatic heterocycles. The molecule has 2 aliphatic heterocycles. The first-order chi connectivity index (χ1) is 9.12. The minimum Gasteiger partial charge on any atom is -0.351 e. The highest BCUT2D eigenvalue weighted by Gasteiger charge is 2.45. The van der Waals surface area contributed by atoms with E-state index in [9.17, 15) is 4.79 Å². The van der Waals surface area contributed by atoms with Crippen LogP contribution in [0.4, 0.5) is 0 Å². The first kappa shape index (κ1) is 13.4. The van der Waals surface area contributed by atoms with E-state index in [0.717, 1.165) is 38.5 Å². The van der Waals surface area contributed by atoms with Gasteiger partial charge in [-0.3, -0.25) is 9.69 Å². The summed E-state index contributed by atoms with van der Waals surface area (Å²) < 4.78 is 0. The second kappa shape index (κ2) is 5.06. The molecule has 2 saturated heterocycles. The van der Waals surface area contributed by atoms with E-state index in [-0.39, 0.29) is 11.3 Å². The third kappa shape index (κ3) is 2.52. The van der Waals surface area contributed by atoms with E-state index in [1.165, 1.54) is 19.4 Å². The van der Waals surface area contributed by atoms with Gasteiger partial charge in [0.25, 0.3) is 0 Å². The van der Waals surface area contributed by atoms with Crippen LogP contribution in [0.15, 0.2) is 0 Å².